The van der Waals surface area contributed by atoms with Crippen LogP contribution in [0.3, 0.4) is 0 Å². The Morgan fingerprint density at radius 1 is 1.75 bits per heavy atom. The van der Waals surface area contributed by atoms with Gasteiger partial charge in [0.05, 0.1) is 11.2 Å². The molecule has 66 valence electrons. The SMILES string of the molecule is CC(C)n1ncc(Cl)c1C(N)=O. The standard InChI is InChI=1S/C7H10ClN3O/c1-4(2)11-6(7(9)12)5(8)3-10-11/h3-4H,1-2H3,(H2,9,12). The number of carbonyl (C=O) groups excluding carboxylic acids is 1. The number of primary amides is 1. The molecule has 0 aliphatic carbocycles. The van der Waals surface area contributed by atoms with Crippen molar-refractivity contribution in [1.82, 2.24) is 9.78 Å². The maximum Gasteiger partial charge on any atom is 0.268 e. The fourth-order valence-corrected chi connectivity index (χ4v) is 1.19. The van der Waals surface area contributed by atoms with E-state index in [1.54, 1.807) is 0 Å². The van der Waals surface area contributed by atoms with Gasteiger partial charge in [-0.3, -0.25) is 9.48 Å². The summed E-state index contributed by atoms with van der Waals surface area (Å²) < 4.78 is 1.50. The van der Waals surface area contributed by atoms with E-state index in [0.29, 0.717) is 5.02 Å². The van der Waals surface area contributed by atoms with Gasteiger partial charge in [0.2, 0.25) is 0 Å². The summed E-state index contributed by atoms with van der Waals surface area (Å²) in [5, 5.41) is 4.22. The van der Waals surface area contributed by atoms with Crippen LogP contribution in [0.25, 0.3) is 0 Å². The predicted molar refractivity (Wildman–Crippen MR) is 46.1 cm³/mol. The highest BCUT2D eigenvalue weighted by molar-refractivity contribution is 6.33. The topological polar surface area (TPSA) is 60.9 Å². The van der Waals surface area contributed by atoms with Crippen LogP contribution in [0.4, 0.5) is 0 Å². The molecule has 0 aromatic carbocycles. The summed E-state index contributed by atoms with van der Waals surface area (Å²) in [4.78, 5) is 10.9. The van der Waals surface area contributed by atoms with Crippen molar-refractivity contribution >= 4 is 17.5 Å². The molecule has 5 heteroatoms. The Kier molecular flexibility index (Phi) is 2.38. The van der Waals surface area contributed by atoms with Crippen molar-refractivity contribution < 1.29 is 4.79 Å². The van der Waals surface area contributed by atoms with Gasteiger partial charge in [0, 0.05) is 6.04 Å². The summed E-state index contributed by atoms with van der Waals surface area (Å²) in [5.74, 6) is -0.550. The molecule has 1 heterocycles. The Balaban J connectivity index is 3.21. The predicted octanol–water partition coefficient (Wildman–Crippen LogP) is 1.22. The maximum atomic E-state index is 10.9. The molecule has 1 aromatic heterocycles. The zero-order valence-corrected chi connectivity index (χ0v) is 7.67. The summed E-state index contributed by atoms with van der Waals surface area (Å²) in [7, 11) is 0. The van der Waals surface area contributed by atoms with Crippen LogP contribution in [-0.2, 0) is 0 Å². The van der Waals surface area contributed by atoms with Crippen LogP contribution in [0.1, 0.15) is 30.4 Å². The smallest absolute Gasteiger partial charge is 0.268 e. The summed E-state index contributed by atoms with van der Waals surface area (Å²) in [6.45, 7) is 3.80. The number of halogens is 1. The van der Waals surface area contributed by atoms with E-state index < -0.39 is 5.91 Å². The average molecular weight is 188 g/mol. The zero-order chi connectivity index (χ0) is 9.30. The Morgan fingerprint density at radius 3 is 2.67 bits per heavy atom. The van der Waals surface area contributed by atoms with Crippen LogP contribution in [0.2, 0.25) is 5.02 Å². The van der Waals surface area contributed by atoms with E-state index in [1.165, 1.54) is 10.9 Å². The van der Waals surface area contributed by atoms with Crippen LogP contribution in [-0.4, -0.2) is 15.7 Å². The zero-order valence-electron chi connectivity index (χ0n) is 6.91. The van der Waals surface area contributed by atoms with E-state index in [1.807, 2.05) is 13.8 Å². The number of rotatable bonds is 2. The first-order chi connectivity index (χ1) is 5.54. The van der Waals surface area contributed by atoms with Gasteiger partial charge in [-0.2, -0.15) is 5.10 Å². The van der Waals surface area contributed by atoms with Gasteiger partial charge in [-0.05, 0) is 13.8 Å². The van der Waals surface area contributed by atoms with Gasteiger partial charge < -0.3 is 5.73 Å². The van der Waals surface area contributed by atoms with Gasteiger partial charge in [-0.15, -0.1) is 0 Å². The molecule has 0 unspecified atom stereocenters. The van der Waals surface area contributed by atoms with E-state index in [-0.39, 0.29) is 11.7 Å². The van der Waals surface area contributed by atoms with Gasteiger partial charge in [-0.25, -0.2) is 0 Å². The van der Waals surface area contributed by atoms with Crippen LogP contribution in [0.5, 0.6) is 0 Å². The van der Waals surface area contributed by atoms with Crippen LogP contribution < -0.4 is 5.73 Å². The number of carbonyl (C=O) groups is 1. The molecule has 0 radical (unpaired) electrons. The number of amides is 1. The molecule has 0 aliphatic rings. The number of hydrogen-bond donors (Lipinski definition) is 1. The Morgan fingerprint density at radius 2 is 2.33 bits per heavy atom. The first kappa shape index (κ1) is 9.06. The average Bonchev–Trinajstić information content (AvgIpc) is 2.30. The fourth-order valence-electron chi connectivity index (χ4n) is 0.963. The summed E-state index contributed by atoms with van der Waals surface area (Å²) in [6, 6.07) is 0.0833. The second-order valence-electron chi connectivity index (χ2n) is 2.74. The van der Waals surface area contributed by atoms with Gasteiger partial charge >= 0.3 is 0 Å². The van der Waals surface area contributed by atoms with Gasteiger partial charge in [0.25, 0.3) is 5.91 Å². The highest BCUT2D eigenvalue weighted by Gasteiger charge is 2.15. The van der Waals surface area contributed by atoms with E-state index in [4.69, 9.17) is 17.3 Å². The first-order valence-electron chi connectivity index (χ1n) is 3.57. The third-order valence-electron chi connectivity index (χ3n) is 1.47. The molecule has 0 saturated carbocycles. The second-order valence-corrected chi connectivity index (χ2v) is 3.15. The van der Waals surface area contributed by atoms with Crippen molar-refractivity contribution in [3.05, 3.63) is 16.9 Å². The first-order valence-corrected chi connectivity index (χ1v) is 3.94. The van der Waals surface area contributed by atoms with Crippen molar-refractivity contribution in [3.63, 3.8) is 0 Å². The second kappa shape index (κ2) is 3.15. The van der Waals surface area contributed by atoms with Gasteiger partial charge in [0.15, 0.2) is 0 Å². The number of aromatic nitrogens is 2. The molecule has 0 atom stereocenters. The van der Waals surface area contributed by atoms with Crippen molar-refractivity contribution in [2.24, 2.45) is 5.73 Å². The molecule has 0 fully saturated rings. The largest absolute Gasteiger partial charge is 0.364 e. The van der Waals surface area contributed by atoms with Crippen LogP contribution in [0.15, 0.2) is 6.20 Å². The number of nitrogens with two attached hydrogens (primary N) is 1. The molecule has 0 bridgehead atoms. The molecule has 0 aliphatic heterocycles. The minimum atomic E-state index is -0.550. The highest BCUT2D eigenvalue weighted by atomic mass is 35.5. The molecule has 4 nitrogen and oxygen atoms in total. The van der Waals surface area contributed by atoms with Crippen molar-refractivity contribution in [3.8, 4) is 0 Å². The van der Waals surface area contributed by atoms with E-state index in [2.05, 4.69) is 5.10 Å². The molecule has 0 saturated heterocycles. The van der Waals surface area contributed by atoms with E-state index >= 15 is 0 Å². The lowest BCUT2D eigenvalue weighted by atomic mass is 10.3. The highest BCUT2D eigenvalue weighted by Crippen LogP contribution is 2.17. The third kappa shape index (κ3) is 1.43. The number of hydrogen-bond acceptors (Lipinski definition) is 2. The third-order valence-corrected chi connectivity index (χ3v) is 1.75. The van der Waals surface area contributed by atoms with E-state index in [0.717, 1.165) is 0 Å². The molecule has 2 N–H and O–H groups in total. The Hall–Kier alpha value is -1.03. The molecular formula is C7H10ClN3O. The fraction of sp³-hybridized carbons (Fsp3) is 0.429. The van der Waals surface area contributed by atoms with Gasteiger partial charge in [0.1, 0.15) is 5.69 Å². The summed E-state index contributed by atoms with van der Waals surface area (Å²) >= 11 is 5.70. The molecular weight excluding hydrogens is 178 g/mol. The maximum absolute atomic E-state index is 10.9. The van der Waals surface area contributed by atoms with Crippen LogP contribution in [0, 0.1) is 0 Å². The monoisotopic (exact) mass is 187 g/mol. The molecule has 12 heavy (non-hydrogen) atoms. The normalized spacial score (nSPS) is 10.7. The lowest BCUT2D eigenvalue weighted by Gasteiger charge is -2.07. The minimum Gasteiger partial charge on any atom is -0.364 e. The Labute approximate surface area is 75.3 Å². The summed E-state index contributed by atoms with van der Waals surface area (Å²) in [6.07, 6.45) is 1.42. The quantitative estimate of drug-likeness (QED) is 0.757. The lowest BCUT2D eigenvalue weighted by molar-refractivity contribution is 0.0988. The molecule has 0 spiro atoms. The van der Waals surface area contributed by atoms with Crippen LogP contribution >= 0.6 is 11.6 Å². The summed E-state index contributed by atoms with van der Waals surface area (Å²) in [5.41, 5.74) is 5.38. The van der Waals surface area contributed by atoms with E-state index in [9.17, 15) is 4.79 Å². The minimum absolute atomic E-state index is 0.0833. The molecule has 1 amide bonds. The van der Waals surface area contributed by atoms with Crippen molar-refractivity contribution in [1.29, 1.82) is 0 Å². The lowest BCUT2D eigenvalue weighted by Crippen LogP contribution is -2.19. The number of nitrogens with zero attached hydrogens (tertiary/aromatic N) is 2. The Bertz CT molecular complexity index is 306. The van der Waals surface area contributed by atoms with Crippen molar-refractivity contribution in [2.75, 3.05) is 0 Å². The van der Waals surface area contributed by atoms with Gasteiger partial charge in [-0.1, -0.05) is 11.6 Å². The molecule has 1 rings (SSSR count). The van der Waals surface area contributed by atoms with Crippen molar-refractivity contribution in [2.45, 2.75) is 19.9 Å². The molecule has 1 aromatic rings.